The van der Waals surface area contributed by atoms with Crippen LogP contribution in [0, 0.1) is 0 Å². The molecule has 0 bridgehead atoms. The molecule has 0 spiro atoms. The maximum absolute atomic E-state index is 12.9. The number of carbonyl (C=O) groups excluding carboxylic acids is 2. The maximum Gasteiger partial charge on any atom is 0.361 e. The highest BCUT2D eigenvalue weighted by Gasteiger charge is 2.25. The molecule has 0 rings (SSSR count). The van der Waals surface area contributed by atoms with Gasteiger partial charge in [0, 0.05) is 12.8 Å². The number of allylic oxidation sites excluding steroid dienone is 18. The quantitative estimate of drug-likeness (QED) is 0.0211. The number of esters is 2. The summed E-state index contributed by atoms with van der Waals surface area (Å²) in [4.78, 5) is 37.5. The molecule has 0 aliphatic heterocycles. The van der Waals surface area contributed by atoms with Crippen LogP contribution in [0.25, 0.3) is 0 Å². The van der Waals surface area contributed by atoms with Crippen LogP contribution in [0.1, 0.15) is 232 Å². The van der Waals surface area contributed by atoms with Crippen LogP contribution >= 0.6 is 0 Å². The monoisotopic (exact) mass is 1050 g/mol. The first-order valence-electron chi connectivity index (χ1n) is 30.1. The number of ether oxygens (including phenoxy) is 4. The number of aliphatic carboxylic acids is 1. The predicted octanol–water partition coefficient (Wildman–Crippen LogP) is 17.9. The molecular weight excluding hydrogens is 935 g/mol. The zero-order valence-corrected chi connectivity index (χ0v) is 48.7. The molecule has 0 aliphatic carbocycles. The van der Waals surface area contributed by atoms with Gasteiger partial charge in [0.25, 0.3) is 6.29 Å². The highest BCUT2D eigenvalue weighted by molar-refractivity contribution is 5.71. The van der Waals surface area contributed by atoms with Crippen LogP contribution in [0.2, 0.25) is 0 Å². The van der Waals surface area contributed by atoms with Gasteiger partial charge in [-0.3, -0.25) is 9.59 Å². The second-order valence-corrected chi connectivity index (χ2v) is 20.9. The van der Waals surface area contributed by atoms with E-state index in [0.29, 0.717) is 23.9 Å². The summed E-state index contributed by atoms with van der Waals surface area (Å²) in [7, 11) is 5.96. The number of carbonyl (C=O) groups is 3. The summed E-state index contributed by atoms with van der Waals surface area (Å²) in [6.45, 7) is 4.64. The van der Waals surface area contributed by atoms with Gasteiger partial charge in [0.1, 0.15) is 13.2 Å². The first-order chi connectivity index (χ1) is 36.6. The zero-order valence-electron chi connectivity index (χ0n) is 48.7. The van der Waals surface area contributed by atoms with Crippen LogP contribution in [0.3, 0.4) is 0 Å². The van der Waals surface area contributed by atoms with Crippen LogP contribution in [-0.2, 0) is 33.3 Å². The largest absolute Gasteiger partial charge is 0.477 e. The molecule has 0 aromatic rings. The number of carboxylic acid groups (broad SMARTS) is 1. The molecule has 0 fully saturated rings. The van der Waals surface area contributed by atoms with Crippen molar-refractivity contribution in [3.05, 3.63) is 109 Å². The van der Waals surface area contributed by atoms with E-state index >= 15 is 0 Å². The fourth-order valence-electron chi connectivity index (χ4n) is 7.97. The molecule has 0 amide bonds. The Morgan fingerprint density at radius 1 is 0.400 bits per heavy atom. The van der Waals surface area contributed by atoms with Crippen LogP contribution in [0.4, 0.5) is 0 Å². The second-order valence-electron chi connectivity index (χ2n) is 20.9. The van der Waals surface area contributed by atoms with Gasteiger partial charge < -0.3 is 28.5 Å². The van der Waals surface area contributed by atoms with E-state index in [0.717, 1.165) is 109 Å². The van der Waals surface area contributed by atoms with Crippen LogP contribution < -0.4 is 0 Å². The number of hydrogen-bond acceptors (Lipinski definition) is 7. The van der Waals surface area contributed by atoms with Gasteiger partial charge in [-0.2, -0.15) is 0 Å². The average molecular weight is 1050 g/mol. The molecule has 2 atom stereocenters. The number of rotatable bonds is 54. The van der Waals surface area contributed by atoms with Gasteiger partial charge in [-0.05, 0) is 96.3 Å². The fourth-order valence-corrected chi connectivity index (χ4v) is 7.97. The average Bonchev–Trinajstić information content (AvgIpc) is 3.38. The zero-order chi connectivity index (χ0) is 54.8. The first-order valence-corrected chi connectivity index (χ1v) is 30.1. The summed E-state index contributed by atoms with van der Waals surface area (Å²) in [5, 5.41) is 9.72. The third-order valence-corrected chi connectivity index (χ3v) is 12.5. The van der Waals surface area contributed by atoms with Crippen molar-refractivity contribution in [3.63, 3.8) is 0 Å². The van der Waals surface area contributed by atoms with Gasteiger partial charge in [-0.25, -0.2) is 4.79 Å². The molecule has 9 heteroatoms. The lowest BCUT2D eigenvalue weighted by Gasteiger charge is -2.25. The van der Waals surface area contributed by atoms with Crippen molar-refractivity contribution in [3.8, 4) is 0 Å². The van der Waals surface area contributed by atoms with Crippen molar-refractivity contribution in [1.82, 2.24) is 0 Å². The Hall–Kier alpha value is -4.05. The van der Waals surface area contributed by atoms with Gasteiger partial charge >= 0.3 is 17.9 Å². The van der Waals surface area contributed by atoms with E-state index in [1.807, 2.05) is 21.1 Å². The summed E-state index contributed by atoms with van der Waals surface area (Å²) in [6.07, 6.45) is 74.5. The fraction of sp³-hybridized carbons (Fsp3) is 0.682. The molecule has 0 radical (unpaired) electrons. The third kappa shape index (κ3) is 57.5. The van der Waals surface area contributed by atoms with Gasteiger partial charge in [0.15, 0.2) is 6.10 Å². The first kappa shape index (κ1) is 71.0. The van der Waals surface area contributed by atoms with E-state index in [4.69, 9.17) is 18.9 Å². The minimum Gasteiger partial charge on any atom is -0.477 e. The molecule has 2 unspecified atom stereocenters. The lowest BCUT2D eigenvalue weighted by Crippen LogP contribution is -2.40. The van der Waals surface area contributed by atoms with E-state index < -0.39 is 24.3 Å². The summed E-state index contributed by atoms with van der Waals surface area (Å²) < 4.78 is 22.9. The molecule has 9 nitrogen and oxygen atoms in total. The van der Waals surface area contributed by atoms with E-state index in [9.17, 15) is 19.5 Å². The Morgan fingerprint density at radius 3 is 1.07 bits per heavy atom. The van der Waals surface area contributed by atoms with Crippen LogP contribution in [0.15, 0.2) is 109 Å². The summed E-state index contributed by atoms with van der Waals surface area (Å²) in [6, 6.07) is 0. The van der Waals surface area contributed by atoms with Gasteiger partial charge in [-0.15, -0.1) is 0 Å². The molecule has 0 aromatic carbocycles. The van der Waals surface area contributed by atoms with Crippen LogP contribution in [-0.4, -0.2) is 87.4 Å². The van der Waals surface area contributed by atoms with E-state index in [2.05, 4.69) is 123 Å². The molecule has 428 valence electrons. The molecule has 0 saturated heterocycles. The Balaban J connectivity index is 4.25. The maximum atomic E-state index is 12.9. The number of unbranched alkanes of at least 4 members (excludes halogenated alkanes) is 21. The Labute approximate surface area is 460 Å². The van der Waals surface area contributed by atoms with Crippen molar-refractivity contribution < 1.29 is 42.9 Å². The Bertz CT molecular complexity index is 1590. The second kappa shape index (κ2) is 56.2. The van der Waals surface area contributed by atoms with Gasteiger partial charge in [0.2, 0.25) is 0 Å². The SMILES string of the molecule is CC/C=C\C/C=C\C/C=C\C/C=C\C/C=C\CCCCCCCCCCCCCC(=O)OC(COC(=O)CCCCCCCCCCCC/C=C\C/C=C\C/C=C\C/C=C\CC)COC(OCC[N+](C)(C)C)C(=O)O. The van der Waals surface area contributed by atoms with Crippen molar-refractivity contribution in [1.29, 1.82) is 0 Å². The number of likely N-dealkylation sites (N-methyl/N-ethyl adjacent to an activating group) is 1. The Kier molecular flexibility index (Phi) is 53.1. The summed E-state index contributed by atoms with van der Waals surface area (Å²) in [5.74, 6) is -2.02. The number of nitrogens with zero attached hydrogens (tertiary/aromatic N) is 1. The van der Waals surface area contributed by atoms with Crippen molar-refractivity contribution >= 4 is 17.9 Å². The molecule has 0 aromatic heterocycles. The number of hydrogen-bond donors (Lipinski definition) is 1. The van der Waals surface area contributed by atoms with Crippen molar-refractivity contribution in [2.75, 3.05) is 47.5 Å². The smallest absolute Gasteiger partial charge is 0.361 e. The molecule has 75 heavy (non-hydrogen) atoms. The summed E-state index contributed by atoms with van der Waals surface area (Å²) in [5.41, 5.74) is 0. The highest BCUT2D eigenvalue weighted by Crippen LogP contribution is 2.16. The topological polar surface area (TPSA) is 108 Å². The minimum absolute atomic E-state index is 0.181. The molecular formula is C66H112NO8+. The molecule has 0 saturated carbocycles. The van der Waals surface area contributed by atoms with E-state index in [-0.39, 0.29) is 32.2 Å². The molecule has 0 heterocycles. The lowest BCUT2D eigenvalue weighted by atomic mass is 10.0. The van der Waals surface area contributed by atoms with Crippen molar-refractivity contribution in [2.24, 2.45) is 0 Å². The lowest BCUT2D eigenvalue weighted by molar-refractivity contribution is -0.870. The van der Waals surface area contributed by atoms with E-state index in [1.54, 1.807) is 0 Å². The molecule has 0 aliphatic rings. The van der Waals surface area contributed by atoms with E-state index in [1.165, 1.54) is 89.9 Å². The number of carboxylic acids is 1. The van der Waals surface area contributed by atoms with Gasteiger partial charge in [0.05, 0.1) is 34.4 Å². The van der Waals surface area contributed by atoms with Crippen molar-refractivity contribution in [2.45, 2.75) is 245 Å². The molecule has 1 N–H and O–H groups in total. The van der Waals surface area contributed by atoms with Crippen LogP contribution in [0.5, 0.6) is 0 Å². The standard InChI is InChI=1S/C66H111NO8/c1-6-8-10-12-14-16-18-20-22-24-26-28-30-31-32-33-35-37-39-41-43-45-47-49-51-53-55-57-64(69)75-62(61-74-66(65(70)71)72-59-58-67(3,4)5)60-73-63(68)56-54-52-50-48-46-44-42-40-38-36-34-29-27-25-23-21-19-17-15-13-11-9-7-2/h8-11,14-17,20-23,26-29,31-32,62,66H,6-7,12-13,18-19,24-25,30,33-61H2,1-5H3/p+1/b10-8-,11-9-,16-14-,17-15-,22-20-,23-21-,28-26-,29-27-,32-31-. The minimum atomic E-state index is -1.52. The van der Waals surface area contributed by atoms with Gasteiger partial charge in [-0.1, -0.05) is 232 Å². The summed E-state index contributed by atoms with van der Waals surface area (Å²) >= 11 is 0. The Morgan fingerprint density at radius 2 is 0.720 bits per heavy atom. The highest BCUT2D eigenvalue weighted by atomic mass is 16.7. The predicted molar refractivity (Wildman–Crippen MR) is 318 cm³/mol. The number of quaternary nitrogens is 1. The third-order valence-electron chi connectivity index (χ3n) is 12.5. The normalized spacial score (nSPS) is 13.6.